The smallest absolute Gasteiger partial charge is 0.269 e. The summed E-state index contributed by atoms with van der Waals surface area (Å²) in [5.74, 6) is 0.431. The van der Waals surface area contributed by atoms with Gasteiger partial charge in [0.05, 0.1) is 6.54 Å². The van der Waals surface area contributed by atoms with E-state index in [0.717, 1.165) is 0 Å². The maximum atomic E-state index is 11.4. The van der Waals surface area contributed by atoms with Crippen molar-refractivity contribution in [3.05, 3.63) is 0 Å². The molecule has 0 saturated carbocycles. The van der Waals surface area contributed by atoms with Crippen LogP contribution in [0.2, 0.25) is 0 Å². The number of hydrogen-bond donors (Lipinski definition) is 2. The second-order valence-corrected chi connectivity index (χ2v) is 5.07. The van der Waals surface area contributed by atoms with Gasteiger partial charge < -0.3 is 5.32 Å². The van der Waals surface area contributed by atoms with E-state index in [1.54, 1.807) is 13.8 Å². The molecule has 0 bridgehead atoms. The van der Waals surface area contributed by atoms with Gasteiger partial charge in [0.2, 0.25) is 5.91 Å². The van der Waals surface area contributed by atoms with Crippen molar-refractivity contribution in [2.24, 2.45) is 11.8 Å². The molecule has 0 unspecified atom stereocenters. The van der Waals surface area contributed by atoms with Crippen LogP contribution in [0.3, 0.4) is 0 Å². The zero-order valence-corrected chi connectivity index (χ0v) is 11.8. The Morgan fingerprint density at radius 1 is 1.39 bits per heavy atom. The van der Waals surface area contributed by atoms with E-state index in [2.05, 4.69) is 39.9 Å². The van der Waals surface area contributed by atoms with Crippen LogP contribution in [0.15, 0.2) is 0 Å². The largest absolute Gasteiger partial charge is 0.303 e. The molecule has 0 spiro atoms. The highest BCUT2D eigenvalue weighted by Gasteiger charge is 2.11. The van der Waals surface area contributed by atoms with Crippen molar-refractivity contribution in [2.75, 3.05) is 5.32 Å². The van der Waals surface area contributed by atoms with Gasteiger partial charge in [-0.2, -0.15) is 4.80 Å². The van der Waals surface area contributed by atoms with Crippen LogP contribution in [0.25, 0.3) is 0 Å². The van der Waals surface area contributed by atoms with Gasteiger partial charge in [-0.15, -0.1) is 5.10 Å². The molecule has 1 heterocycles. The summed E-state index contributed by atoms with van der Waals surface area (Å²) in [7, 11) is 0. The molecule has 7 nitrogen and oxygen atoms in total. The van der Waals surface area contributed by atoms with Gasteiger partial charge in [-0.3, -0.25) is 10.1 Å². The Kier molecular flexibility index (Phi) is 5.14. The average Bonchev–Trinajstić information content (AvgIpc) is 2.63. The fourth-order valence-corrected chi connectivity index (χ4v) is 1.28. The van der Waals surface area contributed by atoms with Crippen LogP contribution >= 0.6 is 12.2 Å². The van der Waals surface area contributed by atoms with E-state index >= 15 is 0 Å². The summed E-state index contributed by atoms with van der Waals surface area (Å²) in [4.78, 5) is 12.9. The summed E-state index contributed by atoms with van der Waals surface area (Å²) in [6, 6.07) is 0. The third kappa shape index (κ3) is 4.74. The summed E-state index contributed by atoms with van der Waals surface area (Å²) < 4.78 is 0. The molecule has 100 valence electrons. The number of carbonyl (C=O) groups is 1. The lowest BCUT2D eigenvalue weighted by Crippen LogP contribution is -2.37. The van der Waals surface area contributed by atoms with Crippen molar-refractivity contribution in [3.63, 3.8) is 0 Å². The first-order chi connectivity index (χ1) is 8.38. The molecular formula is C10H18N6OS. The van der Waals surface area contributed by atoms with Crippen LogP contribution < -0.4 is 10.6 Å². The van der Waals surface area contributed by atoms with Crippen LogP contribution in [-0.2, 0) is 11.3 Å². The van der Waals surface area contributed by atoms with Crippen molar-refractivity contribution in [1.82, 2.24) is 25.5 Å². The number of anilines is 1. The Labute approximate surface area is 111 Å². The first-order valence-corrected chi connectivity index (χ1v) is 6.19. The lowest BCUT2D eigenvalue weighted by atomic mass is 10.2. The SMILES string of the molecule is CC(C)Cn1nnc(NC(=S)NC(=O)C(C)C)n1. The van der Waals surface area contributed by atoms with Gasteiger partial charge in [0.15, 0.2) is 5.11 Å². The van der Waals surface area contributed by atoms with Crippen LogP contribution in [0.1, 0.15) is 27.7 Å². The maximum Gasteiger partial charge on any atom is 0.269 e. The second kappa shape index (κ2) is 6.39. The highest BCUT2D eigenvalue weighted by Crippen LogP contribution is 1.99. The number of nitrogens with zero attached hydrogens (tertiary/aromatic N) is 4. The van der Waals surface area contributed by atoms with E-state index in [-0.39, 0.29) is 22.9 Å². The van der Waals surface area contributed by atoms with Gasteiger partial charge in [0, 0.05) is 5.92 Å². The minimum atomic E-state index is -0.151. The summed E-state index contributed by atoms with van der Waals surface area (Å²) in [6.07, 6.45) is 0. The molecule has 0 aliphatic heterocycles. The van der Waals surface area contributed by atoms with Gasteiger partial charge in [0.1, 0.15) is 0 Å². The van der Waals surface area contributed by atoms with E-state index in [4.69, 9.17) is 12.2 Å². The monoisotopic (exact) mass is 270 g/mol. The number of hydrogen-bond acceptors (Lipinski definition) is 5. The molecule has 1 rings (SSSR count). The number of thiocarbonyl (C=S) groups is 1. The van der Waals surface area contributed by atoms with Crippen molar-refractivity contribution in [1.29, 1.82) is 0 Å². The van der Waals surface area contributed by atoms with Crippen LogP contribution in [-0.4, -0.2) is 31.2 Å². The van der Waals surface area contributed by atoms with Crippen molar-refractivity contribution in [2.45, 2.75) is 34.2 Å². The molecule has 1 aromatic heterocycles. The Hall–Kier alpha value is -1.57. The fourth-order valence-electron chi connectivity index (χ4n) is 1.09. The second-order valence-electron chi connectivity index (χ2n) is 4.66. The van der Waals surface area contributed by atoms with Crippen molar-refractivity contribution < 1.29 is 4.79 Å². The molecule has 0 atom stereocenters. The van der Waals surface area contributed by atoms with Gasteiger partial charge in [0.25, 0.3) is 5.95 Å². The molecule has 0 aliphatic rings. The van der Waals surface area contributed by atoms with E-state index in [1.165, 1.54) is 4.80 Å². The molecule has 0 aliphatic carbocycles. The molecule has 0 aromatic carbocycles. The minimum absolute atomic E-state index is 0.130. The predicted molar refractivity (Wildman–Crippen MR) is 71.9 cm³/mol. The van der Waals surface area contributed by atoms with Gasteiger partial charge >= 0.3 is 0 Å². The van der Waals surface area contributed by atoms with E-state index in [0.29, 0.717) is 12.5 Å². The van der Waals surface area contributed by atoms with Gasteiger partial charge in [-0.1, -0.05) is 32.8 Å². The molecule has 8 heteroatoms. The standard InChI is InChI=1S/C10H18N6OS/c1-6(2)5-16-14-9(13-15-16)12-10(18)11-8(17)7(3)4/h6-7H,5H2,1-4H3,(H2,11,12,14,17,18). The molecule has 1 amide bonds. The Balaban J connectivity index is 2.49. The van der Waals surface area contributed by atoms with E-state index in [9.17, 15) is 4.79 Å². The Morgan fingerprint density at radius 3 is 2.61 bits per heavy atom. The Bertz CT molecular complexity index is 428. The number of amides is 1. The molecule has 0 saturated heterocycles. The third-order valence-corrected chi connectivity index (χ3v) is 2.17. The quantitative estimate of drug-likeness (QED) is 0.787. The predicted octanol–water partition coefficient (Wildman–Crippen LogP) is 0.798. The highest BCUT2D eigenvalue weighted by atomic mass is 32.1. The summed E-state index contributed by atoms with van der Waals surface area (Å²) in [5, 5.41) is 17.2. The van der Waals surface area contributed by atoms with E-state index in [1.807, 2.05) is 0 Å². The van der Waals surface area contributed by atoms with Crippen LogP contribution in [0.4, 0.5) is 5.95 Å². The normalized spacial score (nSPS) is 10.8. The maximum absolute atomic E-state index is 11.4. The molecule has 0 fully saturated rings. The lowest BCUT2D eigenvalue weighted by molar-refractivity contribution is -0.122. The van der Waals surface area contributed by atoms with Crippen LogP contribution in [0.5, 0.6) is 0 Å². The Morgan fingerprint density at radius 2 is 2.06 bits per heavy atom. The number of carbonyl (C=O) groups excluding carboxylic acids is 1. The van der Waals surface area contributed by atoms with Gasteiger partial charge in [-0.05, 0) is 23.3 Å². The molecule has 18 heavy (non-hydrogen) atoms. The van der Waals surface area contributed by atoms with Crippen LogP contribution in [0, 0.1) is 11.8 Å². The summed E-state index contributed by atoms with van der Waals surface area (Å²) >= 11 is 4.97. The summed E-state index contributed by atoms with van der Waals surface area (Å²) in [5.41, 5.74) is 0. The average molecular weight is 270 g/mol. The molecule has 2 N–H and O–H groups in total. The van der Waals surface area contributed by atoms with Gasteiger partial charge in [-0.25, -0.2) is 0 Å². The minimum Gasteiger partial charge on any atom is -0.303 e. The number of aromatic nitrogens is 4. The third-order valence-electron chi connectivity index (χ3n) is 1.97. The molecule has 0 radical (unpaired) electrons. The first kappa shape index (κ1) is 14.5. The zero-order valence-electron chi connectivity index (χ0n) is 11.0. The van der Waals surface area contributed by atoms with E-state index < -0.39 is 0 Å². The molecular weight excluding hydrogens is 252 g/mol. The number of nitrogens with one attached hydrogen (secondary N) is 2. The summed E-state index contributed by atoms with van der Waals surface area (Å²) in [6.45, 7) is 8.37. The zero-order chi connectivity index (χ0) is 13.7. The highest BCUT2D eigenvalue weighted by molar-refractivity contribution is 7.80. The van der Waals surface area contributed by atoms with Crippen molar-refractivity contribution in [3.8, 4) is 0 Å². The first-order valence-electron chi connectivity index (χ1n) is 5.78. The van der Waals surface area contributed by atoms with Crippen molar-refractivity contribution >= 4 is 29.2 Å². The number of rotatable bonds is 4. The number of tetrazole rings is 1. The topological polar surface area (TPSA) is 84.7 Å². The molecule has 1 aromatic rings. The lowest BCUT2D eigenvalue weighted by Gasteiger charge is -2.08. The fraction of sp³-hybridized carbons (Fsp3) is 0.700.